The van der Waals surface area contributed by atoms with Crippen LogP contribution in [0.15, 0.2) is 10.5 Å². The summed E-state index contributed by atoms with van der Waals surface area (Å²) in [5, 5.41) is 18.9. The van der Waals surface area contributed by atoms with Gasteiger partial charge in [-0.25, -0.2) is 9.59 Å². The van der Waals surface area contributed by atoms with Crippen LogP contribution in [0.5, 0.6) is 0 Å². The summed E-state index contributed by atoms with van der Waals surface area (Å²) in [5.74, 6) is -2.01. The lowest BCUT2D eigenvalue weighted by atomic mass is 9.99. The Hall–Kier alpha value is -1.40. The minimum absolute atomic E-state index is 0.190. The molecule has 0 saturated carbocycles. The van der Waals surface area contributed by atoms with E-state index in [1.165, 1.54) is 0 Å². The topological polar surface area (TPSA) is 74.6 Å². The van der Waals surface area contributed by atoms with E-state index in [0.717, 1.165) is 16.0 Å². The van der Waals surface area contributed by atoms with E-state index in [4.69, 9.17) is 5.11 Å². The van der Waals surface area contributed by atoms with Crippen LogP contribution in [0.3, 0.4) is 0 Å². The smallest absolute Gasteiger partial charge is 0.347 e. The molecule has 1 aromatic heterocycles. The van der Waals surface area contributed by atoms with Crippen molar-refractivity contribution in [2.45, 2.75) is 13.8 Å². The van der Waals surface area contributed by atoms with E-state index in [1.807, 2.05) is 0 Å². The van der Waals surface area contributed by atoms with Crippen LogP contribution in [-0.2, 0) is 0 Å². The van der Waals surface area contributed by atoms with Gasteiger partial charge < -0.3 is 10.2 Å². The van der Waals surface area contributed by atoms with Gasteiger partial charge in [0.15, 0.2) is 0 Å². The summed E-state index contributed by atoms with van der Waals surface area (Å²) in [5.41, 5.74) is 1.46. The van der Waals surface area contributed by atoms with Crippen LogP contribution in [0, 0.1) is 13.8 Å². The molecule has 0 saturated heterocycles. The van der Waals surface area contributed by atoms with Gasteiger partial charge >= 0.3 is 11.9 Å². The Morgan fingerprint density at radius 2 is 1.83 bits per heavy atom. The van der Waals surface area contributed by atoms with Crippen molar-refractivity contribution in [3.8, 4) is 0 Å². The lowest BCUT2D eigenvalue weighted by Gasteiger charge is -2.07. The average molecular weight is 329 g/mol. The molecule has 1 heterocycles. The second kappa shape index (κ2) is 4.37. The highest BCUT2D eigenvalue weighted by Gasteiger charge is 2.21. The normalized spacial score (nSPS) is 10.8. The number of carbonyl (C=O) groups is 2. The standard InChI is InChI=1S/C12H9BrO4S/c1-4-3-6-8(5(2)7(4)11(14)15)9(13)10(18-6)12(16)17/h3H,1-2H3,(H,14,15)(H,16,17). The number of aromatic carboxylic acids is 2. The van der Waals surface area contributed by atoms with Crippen molar-refractivity contribution < 1.29 is 19.8 Å². The fourth-order valence-electron chi connectivity index (χ4n) is 2.03. The van der Waals surface area contributed by atoms with Crippen LogP contribution in [0.1, 0.15) is 31.2 Å². The zero-order valence-corrected chi connectivity index (χ0v) is 12.0. The van der Waals surface area contributed by atoms with Gasteiger partial charge in [0.05, 0.1) is 10.0 Å². The molecule has 0 amide bonds. The SMILES string of the molecule is Cc1cc2sc(C(=O)O)c(Br)c2c(C)c1C(=O)O. The van der Waals surface area contributed by atoms with E-state index in [-0.39, 0.29) is 10.4 Å². The van der Waals surface area contributed by atoms with E-state index in [1.54, 1.807) is 19.9 Å². The van der Waals surface area contributed by atoms with E-state index >= 15 is 0 Å². The molecule has 0 aliphatic carbocycles. The number of fused-ring (bicyclic) bond motifs is 1. The molecular weight excluding hydrogens is 320 g/mol. The largest absolute Gasteiger partial charge is 0.478 e. The molecule has 0 unspecified atom stereocenters. The third kappa shape index (κ3) is 1.81. The van der Waals surface area contributed by atoms with Gasteiger partial charge in [0.1, 0.15) is 4.88 Å². The van der Waals surface area contributed by atoms with Gasteiger partial charge in [-0.15, -0.1) is 11.3 Å². The third-order valence-electron chi connectivity index (χ3n) is 2.78. The molecule has 0 atom stereocenters. The second-order valence-corrected chi connectivity index (χ2v) is 5.77. The predicted octanol–water partition coefficient (Wildman–Crippen LogP) is 3.68. The lowest BCUT2D eigenvalue weighted by molar-refractivity contribution is 0.0687. The van der Waals surface area contributed by atoms with Crippen molar-refractivity contribution in [3.05, 3.63) is 32.1 Å². The van der Waals surface area contributed by atoms with Crippen LogP contribution in [-0.4, -0.2) is 22.2 Å². The quantitative estimate of drug-likeness (QED) is 0.881. The monoisotopic (exact) mass is 328 g/mol. The highest BCUT2D eigenvalue weighted by molar-refractivity contribution is 9.10. The first-order valence-corrected chi connectivity index (χ1v) is 6.64. The van der Waals surface area contributed by atoms with E-state index in [2.05, 4.69) is 15.9 Å². The van der Waals surface area contributed by atoms with Crippen LogP contribution >= 0.6 is 27.3 Å². The predicted molar refractivity (Wildman–Crippen MR) is 72.9 cm³/mol. The van der Waals surface area contributed by atoms with Crippen molar-refractivity contribution >= 4 is 49.3 Å². The Bertz CT molecular complexity index is 687. The number of hydrogen-bond acceptors (Lipinski definition) is 3. The number of carboxylic acid groups (broad SMARTS) is 2. The zero-order valence-electron chi connectivity index (χ0n) is 9.57. The summed E-state index contributed by atoms with van der Waals surface area (Å²) in [6.45, 7) is 3.41. The first-order chi connectivity index (χ1) is 8.34. The molecule has 2 rings (SSSR count). The summed E-state index contributed by atoms with van der Waals surface area (Å²) < 4.78 is 1.23. The van der Waals surface area contributed by atoms with Gasteiger partial charge in [-0.05, 0) is 47.0 Å². The van der Waals surface area contributed by atoms with Crippen LogP contribution < -0.4 is 0 Å². The van der Waals surface area contributed by atoms with Crippen LogP contribution in [0.2, 0.25) is 0 Å². The highest BCUT2D eigenvalue weighted by Crippen LogP contribution is 2.39. The molecule has 0 bridgehead atoms. The fraction of sp³-hybridized carbons (Fsp3) is 0.167. The Morgan fingerprint density at radius 1 is 1.22 bits per heavy atom. The molecule has 6 heteroatoms. The molecule has 18 heavy (non-hydrogen) atoms. The van der Waals surface area contributed by atoms with E-state index < -0.39 is 11.9 Å². The van der Waals surface area contributed by atoms with Gasteiger partial charge in [-0.2, -0.15) is 0 Å². The number of carboxylic acids is 2. The highest BCUT2D eigenvalue weighted by atomic mass is 79.9. The molecule has 0 spiro atoms. The molecule has 0 radical (unpaired) electrons. The van der Waals surface area contributed by atoms with Crippen molar-refractivity contribution in [2.75, 3.05) is 0 Å². The molecule has 94 valence electrons. The molecule has 1 aromatic carbocycles. The van der Waals surface area contributed by atoms with Gasteiger partial charge in [0.2, 0.25) is 0 Å². The maximum atomic E-state index is 11.2. The number of aryl methyl sites for hydroxylation is 2. The molecule has 4 nitrogen and oxygen atoms in total. The Labute approximate surface area is 115 Å². The summed E-state index contributed by atoms with van der Waals surface area (Å²) >= 11 is 4.39. The summed E-state index contributed by atoms with van der Waals surface area (Å²) in [7, 11) is 0. The minimum Gasteiger partial charge on any atom is -0.478 e. The number of halogens is 1. The van der Waals surface area contributed by atoms with Gasteiger partial charge in [-0.3, -0.25) is 0 Å². The minimum atomic E-state index is -1.02. The summed E-state index contributed by atoms with van der Waals surface area (Å²) in [6.07, 6.45) is 0. The van der Waals surface area contributed by atoms with Gasteiger partial charge in [0.25, 0.3) is 0 Å². The van der Waals surface area contributed by atoms with Crippen molar-refractivity contribution in [1.29, 1.82) is 0 Å². The zero-order chi connectivity index (χ0) is 13.6. The van der Waals surface area contributed by atoms with Crippen molar-refractivity contribution in [1.82, 2.24) is 0 Å². The lowest BCUT2D eigenvalue weighted by Crippen LogP contribution is -2.03. The van der Waals surface area contributed by atoms with E-state index in [9.17, 15) is 14.7 Å². The number of benzene rings is 1. The fourth-order valence-corrected chi connectivity index (χ4v) is 4.18. The second-order valence-electron chi connectivity index (χ2n) is 3.92. The van der Waals surface area contributed by atoms with Gasteiger partial charge in [-0.1, -0.05) is 0 Å². The number of rotatable bonds is 2. The average Bonchev–Trinajstić information content (AvgIpc) is 2.55. The Kier molecular flexibility index (Phi) is 3.16. The molecule has 2 aromatic rings. The molecule has 0 aliphatic rings. The summed E-state index contributed by atoms with van der Waals surface area (Å²) in [6, 6.07) is 1.72. The Balaban J connectivity index is 2.93. The molecule has 0 aliphatic heterocycles. The van der Waals surface area contributed by atoms with Crippen LogP contribution in [0.4, 0.5) is 0 Å². The molecule has 0 fully saturated rings. The van der Waals surface area contributed by atoms with Gasteiger partial charge in [0, 0.05) is 10.1 Å². The molecule has 2 N–H and O–H groups in total. The first-order valence-electron chi connectivity index (χ1n) is 5.03. The summed E-state index contributed by atoms with van der Waals surface area (Å²) in [4.78, 5) is 22.5. The Morgan fingerprint density at radius 3 is 2.33 bits per heavy atom. The van der Waals surface area contributed by atoms with Crippen LogP contribution in [0.25, 0.3) is 10.1 Å². The molecular formula is C12H9BrO4S. The van der Waals surface area contributed by atoms with E-state index in [0.29, 0.717) is 21.0 Å². The number of hydrogen-bond donors (Lipinski definition) is 2. The third-order valence-corrected chi connectivity index (χ3v) is 4.96. The maximum Gasteiger partial charge on any atom is 0.347 e. The van der Waals surface area contributed by atoms with Crippen molar-refractivity contribution in [2.24, 2.45) is 0 Å². The van der Waals surface area contributed by atoms with Crippen molar-refractivity contribution in [3.63, 3.8) is 0 Å². The first kappa shape index (κ1) is 13.0. The number of thiophene rings is 1. The maximum absolute atomic E-state index is 11.2.